The van der Waals surface area contributed by atoms with Crippen molar-refractivity contribution in [2.45, 2.75) is 26.3 Å². The second-order valence-corrected chi connectivity index (χ2v) is 4.08. The number of ether oxygens (including phenoxy) is 1. The van der Waals surface area contributed by atoms with Gasteiger partial charge in [-0.25, -0.2) is 4.79 Å². The largest absolute Gasteiger partial charge is 0.382 e. The average Bonchev–Trinajstić information content (AvgIpc) is 2.38. The minimum absolute atomic E-state index is 0.317. The van der Waals surface area contributed by atoms with Crippen LogP contribution in [-0.2, 0) is 11.3 Å². The van der Waals surface area contributed by atoms with Crippen molar-refractivity contribution >= 4 is 0 Å². The predicted octanol–water partition coefficient (Wildman–Crippen LogP) is 0.0820. The fraction of sp³-hybridized carbons (Fsp3) is 0.667. The number of nitrogens with one attached hydrogen (secondary N) is 2. The molecule has 0 radical (unpaired) electrons. The smallest absolute Gasteiger partial charge is 0.328 e. The van der Waals surface area contributed by atoms with E-state index in [1.54, 1.807) is 0 Å². The normalized spacial score (nSPS) is 10.8. The Morgan fingerprint density at radius 1 is 1.37 bits per heavy atom. The Morgan fingerprint density at radius 2 is 2.16 bits per heavy atom. The lowest BCUT2D eigenvalue weighted by molar-refractivity contribution is 0.143. The molecule has 0 amide bonds. The number of unbranched alkanes of at least 4 members (excludes halogenated alkanes) is 1. The van der Waals surface area contributed by atoms with Crippen LogP contribution in [0.5, 0.6) is 0 Å². The second kappa shape index (κ2) is 8.60. The van der Waals surface area contributed by atoms with Gasteiger partial charge in [-0.1, -0.05) is 0 Å². The van der Waals surface area contributed by atoms with Crippen LogP contribution in [0.2, 0.25) is 0 Å². The van der Waals surface area contributed by atoms with E-state index in [1.165, 1.54) is 0 Å². The molecule has 0 aliphatic carbocycles. The summed E-state index contributed by atoms with van der Waals surface area (Å²) in [6.07, 6.45) is 2.89. The third kappa shape index (κ3) is 5.80. The van der Waals surface area contributed by atoms with Crippen LogP contribution in [0.1, 0.15) is 19.8 Å². The molecule has 0 spiro atoms. The fourth-order valence-electron chi connectivity index (χ4n) is 1.57. The van der Waals surface area contributed by atoms with E-state index in [0.29, 0.717) is 13.1 Å². The Labute approximate surface area is 110 Å². The molecule has 1 rings (SSSR count). The maximum absolute atomic E-state index is 13.0. The van der Waals surface area contributed by atoms with Crippen molar-refractivity contribution in [3.63, 3.8) is 0 Å². The molecule has 0 bridgehead atoms. The summed E-state index contributed by atoms with van der Waals surface area (Å²) in [6.45, 7) is 5.11. The Kier molecular flexibility index (Phi) is 7.06. The molecule has 1 heterocycles. The fourth-order valence-corrected chi connectivity index (χ4v) is 1.57. The van der Waals surface area contributed by atoms with E-state index < -0.39 is 17.1 Å². The highest BCUT2D eigenvalue weighted by atomic mass is 19.1. The Morgan fingerprint density at radius 3 is 2.89 bits per heavy atom. The van der Waals surface area contributed by atoms with E-state index in [1.807, 2.05) is 11.9 Å². The first-order chi connectivity index (χ1) is 9.15. The molecule has 19 heavy (non-hydrogen) atoms. The van der Waals surface area contributed by atoms with Gasteiger partial charge in [0.05, 0.1) is 6.20 Å². The molecule has 7 heteroatoms. The number of nitrogens with zero attached hydrogens (tertiary/aromatic N) is 1. The molecule has 1 aromatic rings. The van der Waals surface area contributed by atoms with Gasteiger partial charge in [-0.3, -0.25) is 14.3 Å². The van der Waals surface area contributed by atoms with E-state index in [-0.39, 0.29) is 0 Å². The number of rotatable bonds is 9. The minimum atomic E-state index is -0.981. The first kappa shape index (κ1) is 15.6. The lowest BCUT2D eigenvalue weighted by atomic mass is 10.3. The third-order valence-corrected chi connectivity index (χ3v) is 2.59. The van der Waals surface area contributed by atoms with Crippen molar-refractivity contribution in [2.24, 2.45) is 0 Å². The summed E-state index contributed by atoms with van der Waals surface area (Å²) in [5.41, 5.74) is -1.57. The zero-order valence-electron chi connectivity index (χ0n) is 11.1. The zero-order chi connectivity index (χ0) is 14.1. The van der Waals surface area contributed by atoms with Crippen LogP contribution < -0.4 is 16.6 Å². The van der Waals surface area contributed by atoms with Crippen LogP contribution in [0.3, 0.4) is 0 Å². The molecule has 108 valence electrons. The van der Waals surface area contributed by atoms with E-state index in [4.69, 9.17) is 4.74 Å². The highest BCUT2D eigenvalue weighted by Crippen LogP contribution is 1.88. The van der Waals surface area contributed by atoms with Crippen LogP contribution in [0.4, 0.5) is 4.39 Å². The predicted molar refractivity (Wildman–Crippen MR) is 69.9 cm³/mol. The van der Waals surface area contributed by atoms with Crippen LogP contribution in [-0.4, -0.2) is 35.9 Å². The highest BCUT2D eigenvalue weighted by Gasteiger charge is 2.02. The summed E-state index contributed by atoms with van der Waals surface area (Å²) in [7, 11) is 0. The SMILES string of the molecule is CCOCCCCNCCn1cc(F)c(=O)[nH]c1=O. The minimum Gasteiger partial charge on any atom is -0.382 e. The number of aromatic amines is 1. The lowest BCUT2D eigenvalue weighted by Gasteiger charge is -2.07. The van der Waals surface area contributed by atoms with Crippen LogP contribution in [0.25, 0.3) is 0 Å². The van der Waals surface area contributed by atoms with Crippen LogP contribution in [0, 0.1) is 5.82 Å². The lowest BCUT2D eigenvalue weighted by Crippen LogP contribution is -2.34. The van der Waals surface area contributed by atoms with Crippen molar-refractivity contribution in [2.75, 3.05) is 26.3 Å². The molecule has 2 N–H and O–H groups in total. The number of H-pyrrole nitrogens is 1. The molecular formula is C12H20FN3O3. The molecule has 0 aliphatic heterocycles. The number of halogens is 1. The van der Waals surface area contributed by atoms with Crippen molar-refractivity contribution in [1.29, 1.82) is 0 Å². The maximum Gasteiger partial charge on any atom is 0.328 e. The summed E-state index contributed by atoms with van der Waals surface area (Å²) in [4.78, 5) is 24.1. The van der Waals surface area contributed by atoms with Gasteiger partial charge in [0.25, 0.3) is 5.56 Å². The molecule has 1 aromatic heterocycles. The monoisotopic (exact) mass is 273 g/mol. The van der Waals surface area contributed by atoms with Gasteiger partial charge in [0, 0.05) is 26.3 Å². The van der Waals surface area contributed by atoms with E-state index in [0.717, 1.165) is 43.4 Å². The molecule has 0 unspecified atom stereocenters. The van der Waals surface area contributed by atoms with Crippen molar-refractivity contribution in [3.05, 3.63) is 32.9 Å². The van der Waals surface area contributed by atoms with E-state index >= 15 is 0 Å². The number of hydrogen-bond acceptors (Lipinski definition) is 4. The van der Waals surface area contributed by atoms with Gasteiger partial charge in [0.2, 0.25) is 5.82 Å². The summed E-state index contributed by atoms with van der Waals surface area (Å²) in [5, 5.41) is 3.14. The van der Waals surface area contributed by atoms with E-state index in [9.17, 15) is 14.0 Å². The Hall–Kier alpha value is -1.47. The van der Waals surface area contributed by atoms with Gasteiger partial charge in [-0.15, -0.1) is 0 Å². The van der Waals surface area contributed by atoms with Crippen molar-refractivity contribution < 1.29 is 9.13 Å². The van der Waals surface area contributed by atoms with Crippen molar-refractivity contribution in [3.8, 4) is 0 Å². The summed E-state index contributed by atoms with van der Waals surface area (Å²) < 4.78 is 19.3. The number of aromatic nitrogens is 2. The molecule has 0 aromatic carbocycles. The van der Waals surface area contributed by atoms with Gasteiger partial charge in [0.15, 0.2) is 0 Å². The van der Waals surface area contributed by atoms with Crippen molar-refractivity contribution in [1.82, 2.24) is 14.9 Å². The van der Waals surface area contributed by atoms with Crippen LogP contribution >= 0.6 is 0 Å². The first-order valence-corrected chi connectivity index (χ1v) is 6.43. The second-order valence-electron chi connectivity index (χ2n) is 4.08. The third-order valence-electron chi connectivity index (χ3n) is 2.59. The molecule has 0 aliphatic rings. The quantitative estimate of drug-likeness (QED) is 0.625. The maximum atomic E-state index is 13.0. The van der Waals surface area contributed by atoms with Gasteiger partial charge >= 0.3 is 5.69 Å². The van der Waals surface area contributed by atoms with Gasteiger partial charge in [0.1, 0.15) is 0 Å². The first-order valence-electron chi connectivity index (χ1n) is 6.43. The molecular weight excluding hydrogens is 253 g/mol. The van der Waals surface area contributed by atoms with Gasteiger partial charge in [-0.05, 0) is 26.3 Å². The Bertz CT molecular complexity index is 484. The van der Waals surface area contributed by atoms with E-state index in [2.05, 4.69) is 5.32 Å². The summed E-state index contributed by atoms with van der Waals surface area (Å²) >= 11 is 0. The molecule has 0 saturated heterocycles. The van der Waals surface area contributed by atoms with Gasteiger partial charge < -0.3 is 10.1 Å². The molecule has 0 atom stereocenters. The standard InChI is InChI=1S/C12H20FN3O3/c1-2-19-8-4-3-5-14-6-7-16-9-10(13)11(17)15-12(16)18/h9,14H,2-8H2,1H3,(H,15,17,18). The average molecular weight is 273 g/mol. The molecule has 0 fully saturated rings. The Balaban J connectivity index is 2.21. The highest BCUT2D eigenvalue weighted by molar-refractivity contribution is 4.87. The summed E-state index contributed by atoms with van der Waals surface area (Å²) in [6, 6.07) is 0. The molecule has 0 saturated carbocycles. The summed E-state index contributed by atoms with van der Waals surface area (Å²) in [5.74, 6) is -0.948. The van der Waals surface area contributed by atoms with Gasteiger partial charge in [-0.2, -0.15) is 4.39 Å². The van der Waals surface area contributed by atoms with Crippen LogP contribution in [0.15, 0.2) is 15.8 Å². The zero-order valence-corrected chi connectivity index (χ0v) is 11.1. The number of hydrogen-bond donors (Lipinski definition) is 2. The topological polar surface area (TPSA) is 76.1 Å². The molecule has 6 nitrogen and oxygen atoms in total.